The molecular formula is C17H28N2S. The minimum atomic E-state index is 0.640. The van der Waals surface area contributed by atoms with Gasteiger partial charge in [-0.15, -0.1) is 11.8 Å². The quantitative estimate of drug-likeness (QED) is 0.612. The molecule has 2 rings (SSSR count). The summed E-state index contributed by atoms with van der Waals surface area (Å²) >= 11 is 1.94. The zero-order valence-electron chi connectivity index (χ0n) is 12.8. The van der Waals surface area contributed by atoms with E-state index in [9.17, 15) is 0 Å². The van der Waals surface area contributed by atoms with Crippen LogP contribution < -0.4 is 5.32 Å². The van der Waals surface area contributed by atoms with Crippen LogP contribution in [-0.4, -0.2) is 42.9 Å². The molecule has 0 amide bonds. The first kappa shape index (κ1) is 15.9. The first-order valence-electron chi connectivity index (χ1n) is 7.93. The molecule has 1 saturated heterocycles. The predicted octanol–water partition coefficient (Wildman–Crippen LogP) is 3.49. The lowest BCUT2D eigenvalue weighted by atomic mass is 9.91. The average Bonchev–Trinajstić information content (AvgIpc) is 2.52. The van der Waals surface area contributed by atoms with E-state index in [1.165, 1.54) is 37.4 Å². The highest BCUT2D eigenvalue weighted by atomic mass is 32.2. The maximum absolute atomic E-state index is 3.72. The molecule has 20 heavy (non-hydrogen) atoms. The van der Waals surface area contributed by atoms with Gasteiger partial charge in [-0.2, -0.15) is 0 Å². The topological polar surface area (TPSA) is 15.3 Å². The van der Waals surface area contributed by atoms with Crippen LogP contribution in [0.4, 0.5) is 0 Å². The number of hydrogen-bond acceptors (Lipinski definition) is 3. The maximum atomic E-state index is 3.72. The summed E-state index contributed by atoms with van der Waals surface area (Å²) in [5.74, 6) is 1.98. The molecule has 1 aliphatic rings. The van der Waals surface area contributed by atoms with Gasteiger partial charge in [0.25, 0.3) is 0 Å². The van der Waals surface area contributed by atoms with Gasteiger partial charge < -0.3 is 10.2 Å². The Kier molecular flexibility index (Phi) is 6.91. The first-order chi connectivity index (χ1) is 9.79. The van der Waals surface area contributed by atoms with Crippen molar-refractivity contribution in [3.8, 4) is 0 Å². The molecular weight excluding hydrogens is 264 g/mol. The highest BCUT2D eigenvalue weighted by Crippen LogP contribution is 2.20. The monoisotopic (exact) mass is 292 g/mol. The molecule has 0 spiro atoms. The van der Waals surface area contributed by atoms with Gasteiger partial charge in [0, 0.05) is 29.8 Å². The molecule has 2 nitrogen and oxygen atoms in total. The van der Waals surface area contributed by atoms with Gasteiger partial charge in [-0.3, -0.25) is 0 Å². The van der Waals surface area contributed by atoms with Gasteiger partial charge in [0.2, 0.25) is 0 Å². The van der Waals surface area contributed by atoms with Crippen molar-refractivity contribution < 1.29 is 0 Å². The lowest BCUT2D eigenvalue weighted by molar-refractivity contribution is 0.158. The summed E-state index contributed by atoms with van der Waals surface area (Å²) in [5.41, 5.74) is 0. The smallest absolute Gasteiger partial charge is 0.0106 e. The van der Waals surface area contributed by atoms with Crippen molar-refractivity contribution in [2.45, 2.75) is 37.6 Å². The van der Waals surface area contributed by atoms with E-state index in [0.717, 1.165) is 18.2 Å². The van der Waals surface area contributed by atoms with E-state index in [2.05, 4.69) is 54.4 Å². The van der Waals surface area contributed by atoms with E-state index in [1.54, 1.807) is 0 Å². The zero-order chi connectivity index (χ0) is 14.2. The van der Waals surface area contributed by atoms with E-state index >= 15 is 0 Å². The molecule has 1 aromatic carbocycles. The molecule has 2 unspecified atom stereocenters. The van der Waals surface area contributed by atoms with Crippen LogP contribution in [0.5, 0.6) is 0 Å². The number of rotatable bonds is 7. The van der Waals surface area contributed by atoms with Gasteiger partial charge >= 0.3 is 0 Å². The largest absolute Gasteiger partial charge is 0.313 e. The third-order valence-corrected chi connectivity index (χ3v) is 5.29. The van der Waals surface area contributed by atoms with E-state index in [-0.39, 0.29) is 0 Å². The molecule has 0 saturated carbocycles. The fraction of sp³-hybridized carbons (Fsp3) is 0.647. The van der Waals surface area contributed by atoms with Gasteiger partial charge in [-0.05, 0) is 50.9 Å². The normalized spacial score (nSPS) is 21.8. The van der Waals surface area contributed by atoms with Crippen molar-refractivity contribution in [2.24, 2.45) is 5.92 Å². The molecule has 1 fully saturated rings. The Hall–Kier alpha value is -0.510. The molecule has 3 heteroatoms. The molecule has 0 radical (unpaired) electrons. The maximum Gasteiger partial charge on any atom is 0.0106 e. The lowest BCUT2D eigenvalue weighted by Crippen LogP contribution is -2.44. The molecule has 1 heterocycles. The zero-order valence-corrected chi connectivity index (χ0v) is 13.7. The Morgan fingerprint density at radius 1 is 1.35 bits per heavy atom. The Labute approximate surface area is 128 Å². The second-order valence-electron chi connectivity index (χ2n) is 5.70. The standard InChI is InChI=1S/C17H28N2S/c1-3-19-12-7-8-16(14-19)15(2)18-11-13-20-17-9-5-4-6-10-17/h4-6,9-10,15-16,18H,3,7-8,11-14H2,1-2H3. The van der Waals surface area contributed by atoms with Gasteiger partial charge in [0.05, 0.1) is 0 Å². The van der Waals surface area contributed by atoms with Crippen LogP contribution in [-0.2, 0) is 0 Å². The van der Waals surface area contributed by atoms with Crippen LogP contribution in [0, 0.1) is 5.92 Å². The first-order valence-corrected chi connectivity index (χ1v) is 8.91. The minimum Gasteiger partial charge on any atom is -0.313 e. The summed E-state index contributed by atoms with van der Waals surface area (Å²) in [6, 6.07) is 11.3. The lowest BCUT2D eigenvalue weighted by Gasteiger charge is -2.35. The number of benzene rings is 1. The van der Waals surface area contributed by atoms with Crippen molar-refractivity contribution in [3.63, 3.8) is 0 Å². The Morgan fingerprint density at radius 2 is 2.15 bits per heavy atom. The number of nitrogens with one attached hydrogen (secondary N) is 1. The van der Waals surface area contributed by atoms with E-state index < -0.39 is 0 Å². The molecule has 1 aromatic rings. The van der Waals surface area contributed by atoms with E-state index in [1.807, 2.05) is 11.8 Å². The fourth-order valence-electron chi connectivity index (χ4n) is 2.93. The summed E-state index contributed by atoms with van der Waals surface area (Å²) in [7, 11) is 0. The molecule has 0 aliphatic carbocycles. The van der Waals surface area contributed by atoms with Crippen molar-refractivity contribution in [1.82, 2.24) is 10.2 Å². The Balaban J connectivity index is 1.63. The number of hydrogen-bond donors (Lipinski definition) is 1. The third kappa shape index (κ3) is 5.12. The fourth-order valence-corrected chi connectivity index (χ4v) is 3.73. The average molecular weight is 292 g/mol. The number of piperidine rings is 1. The Bertz CT molecular complexity index is 369. The second-order valence-corrected chi connectivity index (χ2v) is 6.87. The van der Waals surface area contributed by atoms with Crippen LogP contribution in [0.25, 0.3) is 0 Å². The van der Waals surface area contributed by atoms with Crippen LogP contribution in [0.15, 0.2) is 35.2 Å². The van der Waals surface area contributed by atoms with Crippen molar-refractivity contribution in [3.05, 3.63) is 30.3 Å². The second kappa shape index (κ2) is 8.71. The Morgan fingerprint density at radius 3 is 2.90 bits per heavy atom. The summed E-state index contributed by atoms with van der Waals surface area (Å²) in [4.78, 5) is 3.96. The summed E-state index contributed by atoms with van der Waals surface area (Å²) < 4.78 is 0. The van der Waals surface area contributed by atoms with Gasteiger partial charge in [0.15, 0.2) is 0 Å². The van der Waals surface area contributed by atoms with Gasteiger partial charge in [-0.1, -0.05) is 25.1 Å². The third-order valence-electron chi connectivity index (χ3n) is 4.28. The van der Waals surface area contributed by atoms with Crippen LogP contribution in [0.3, 0.4) is 0 Å². The highest BCUT2D eigenvalue weighted by Gasteiger charge is 2.23. The van der Waals surface area contributed by atoms with Crippen LogP contribution >= 0.6 is 11.8 Å². The molecule has 2 atom stereocenters. The van der Waals surface area contributed by atoms with Crippen LogP contribution in [0.2, 0.25) is 0 Å². The molecule has 112 valence electrons. The van der Waals surface area contributed by atoms with Gasteiger partial charge in [-0.25, -0.2) is 0 Å². The molecule has 0 aromatic heterocycles. The summed E-state index contributed by atoms with van der Waals surface area (Å²) in [6.45, 7) is 9.50. The van der Waals surface area contributed by atoms with E-state index in [4.69, 9.17) is 0 Å². The summed E-state index contributed by atoms with van der Waals surface area (Å²) in [6.07, 6.45) is 2.75. The van der Waals surface area contributed by atoms with Crippen LogP contribution in [0.1, 0.15) is 26.7 Å². The van der Waals surface area contributed by atoms with E-state index in [0.29, 0.717) is 6.04 Å². The molecule has 1 aliphatic heterocycles. The summed E-state index contributed by atoms with van der Waals surface area (Å²) in [5, 5.41) is 3.72. The van der Waals surface area contributed by atoms with Crippen molar-refractivity contribution in [2.75, 3.05) is 31.9 Å². The molecule has 1 N–H and O–H groups in total. The van der Waals surface area contributed by atoms with Crippen molar-refractivity contribution >= 4 is 11.8 Å². The van der Waals surface area contributed by atoms with Crippen molar-refractivity contribution in [1.29, 1.82) is 0 Å². The highest BCUT2D eigenvalue weighted by molar-refractivity contribution is 7.99. The number of likely N-dealkylation sites (tertiary alicyclic amines) is 1. The van der Waals surface area contributed by atoms with Gasteiger partial charge in [0.1, 0.15) is 0 Å². The SMILES string of the molecule is CCN1CCCC(C(C)NCCSc2ccccc2)C1. The number of nitrogens with zero attached hydrogens (tertiary/aromatic N) is 1. The number of thioether (sulfide) groups is 1. The predicted molar refractivity (Wildman–Crippen MR) is 89.5 cm³/mol. The molecule has 0 bridgehead atoms. The minimum absolute atomic E-state index is 0.640.